The van der Waals surface area contributed by atoms with Gasteiger partial charge in [0.25, 0.3) is 11.7 Å². The van der Waals surface area contributed by atoms with E-state index in [1.54, 1.807) is 54.9 Å². The molecule has 0 aliphatic carbocycles. The molecule has 4 rings (SSSR count). The van der Waals surface area contributed by atoms with Gasteiger partial charge >= 0.3 is 0 Å². The summed E-state index contributed by atoms with van der Waals surface area (Å²) < 4.78 is 5.50. The van der Waals surface area contributed by atoms with Gasteiger partial charge in [-0.05, 0) is 59.5 Å². The fourth-order valence-corrected chi connectivity index (χ4v) is 4.03. The van der Waals surface area contributed by atoms with Crippen molar-refractivity contribution in [1.82, 2.24) is 9.88 Å². The molecule has 0 unspecified atom stereocenters. The second-order valence-electron chi connectivity index (χ2n) is 8.00. The van der Waals surface area contributed by atoms with E-state index in [0.717, 1.165) is 23.1 Å². The largest absolute Gasteiger partial charge is 0.507 e. The molecule has 1 aliphatic heterocycles. The van der Waals surface area contributed by atoms with E-state index in [-0.39, 0.29) is 17.9 Å². The molecule has 172 valence electrons. The number of rotatable bonds is 8. The van der Waals surface area contributed by atoms with Crippen molar-refractivity contribution in [1.29, 1.82) is 0 Å². The molecule has 1 atom stereocenters. The van der Waals surface area contributed by atoms with Crippen LogP contribution in [0.2, 0.25) is 0 Å². The Kier molecular flexibility index (Phi) is 6.87. The van der Waals surface area contributed by atoms with Gasteiger partial charge in [0.05, 0.1) is 11.6 Å². The van der Waals surface area contributed by atoms with Crippen LogP contribution in [0.25, 0.3) is 5.76 Å². The summed E-state index contributed by atoms with van der Waals surface area (Å²) in [5, 5.41) is 11.2. The quantitative estimate of drug-likeness (QED) is 0.228. The lowest BCUT2D eigenvalue weighted by atomic mass is 9.94. The van der Waals surface area contributed by atoms with Gasteiger partial charge in [0.1, 0.15) is 18.1 Å². The molecular weight excluding hydrogens is 428 g/mol. The van der Waals surface area contributed by atoms with Crippen molar-refractivity contribution in [2.45, 2.75) is 25.9 Å². The number of likely N-dealkylation sites (tertiary alicyclic amines) is 1. The molecule has 1 aliphatic rings. The van der Waals surface area contributed by atoms with Crippen LogP contribution in [0.1, 0.15) is 35.2 Å². The lowest BCUT2D eigenvalue weighted by Gasteiger charge is -2.25. The van der Waals surface area contributed by atoms with E-state index >= 15 is 0 Å². The molecule has 0 spiro atoms. The molecule has 1 aromatic heterocycles. The minimum absolute atomic E-state index is 0.0723. The third-order valence-electron chi connectivity index (χ3n) is 5.84. The summed E-state index contributed by atoms with van der Waals surface area (Å²) in [5.41, 5.74) is 3.25. The molecule has 34 heavy (non-hydrogen) atoms. The first-order valence-corrected chi connectivity index (χ1v) is 11.1. The van der Waals surface area contributed by atoms with Gasteiger partial charge in [-0.2, -0.15) is 0 Å². The lowest BCUT2D eigenvalue weighted by Crippen LogP contribution is -2.29. The molecule has 0 radical (unpaired) electrons. The Hall–Kier alpha value is -4.19. The van der Waals surface area contributed by atoms with Crippen LogP contribution in [0, 0.1) is 0 Å². The Balaban J connectivity index is 1.78. The van der Waals surface area contributed by atoms with Crippen molar-refractivity contribution >= 4 is 17.4 Å². The predicted octanol–water partition coefficient (Wildman–Crippen LogP) is 4.83. The molecule has 1 amide bonds. The Morgan fingerprint density at radius 2 is 1.71 bits per heavy atom. The van der Waals surface area contributed by atoms with Crippen LogP contribution in [0.3, 0.4) is 0 Å². The number of aryl methyl sites for hydroxylation is 1. The fraction of sp³-hybridized carbons (Fsp3) is 0.179. The molecule has 6 heteroatoms. The lowest BCUT2D eigenvalue weighted by molar-refractivity contribution is -0.140. The van der Waals surface area contributed by atoms with Crippen molar-refractivity contribution < 1.29 is 19.4 Å². The average Bonchev–Trinajstić information content (AvgIpc) is 3.13. The summed E-state index contributed by atoms with van der Waals surface area (Å²) in [4.78, 5) is 31.8. The molecule has 1 N–H and O–H groups in total. The summed E-state index contributed by atoms with van der Waals surface area (Å²) in [7, 11) is 0. The normalized spacial score (nSPS) is 17.1. The third-order valence-corrected chi connectivity index (χ3v) is 5.84. The van der Waals surface area contributed by atoms with Crippen molar-refractivity contribution in [3.63, 3.8) is 0 Å². The minimum atomic E-state index is -0.712. The first kappa shape index (κ1) is 23.0. The highest BCUT2D eigenvalue weighted by atomic mass is 16.5. The molecule has 3 aromatic rings. The van der Waals surface area contributed by atoms with Gasteiger partial charge in [-0.3, -0.25) is 14.6 Å². The maximum Gasteiger partial charge on any atom is 0.295 e. The predicted molar refractivity (Wildman–Crippen MR) is 130 cm³/mol. The van der Waals surface area contributed by atoms with Gasteiger partial charge in [-0.1, -0.05) is 43.8 Å². The average molecular weight is 455 g/mol. The first-order chi connectivity index (χ1) is 16.5. The van der Waals surface area contributed by atoms with Gasteiger partial charge in [0.2, 0.25) is 0 Å². The number of ketones is 1. The number of aliphatic hydroxyl groups excluding tert-OH is 1. The highest BCUT2D eigenvalue weighted by molar-refractivity contribution is 6.46. The van der Waals surface area contributed by atoms with Crippen LogP contribution >= 0.6 is 0 Å². The second-order valence-corrected chi connectivity index (χ2v) is 8.00. The van der Waals surface area contributed by atoms with Crippen LogP contribution in [0.4, 0.5) is 0 Å². The van der Waals surface area contributed by atoms with E-state index in [9.17, 15) is 14.7 Å². The van der Waals surface area contributed by atoms with Crippen LogP contribution in [0.5, 0.6) is 5.75 Å². The molecule has 0 saturated carbocycles. The Morgan fingerprint density at radius 3 is 2.32 bits per heavy atom. The van der Waals surface area contributed by atoms with Crippen LogP contribution in [0.15, 0.2) is 91.3 Å². The zero-order chi connectivity index (χ0) is 24.1. The van der Waals surface area contributed by atoms with Crippen molar-refractivity contribution in [3.8, 4) is 5.75 Å². The number of hydrogen-bond donors (Lipinski definition) is 1. The Labute approximate surface area is 198 Å². The summed E-state index contributed by atoms with van der Waals surface area (Å²) >= 11 is 0. The van der Waals surface area contributed by atoms with E-state index < -0.39 is 17.7 Å². The summed E-state index contributed by atoms with van der Waals surface area (Å²) in [6, 6.07) is 17.4. The SMILES string of the molecule is C=CCOc1ccc(C(O)=C2C(=O)C(=O)N(Cc3ccncc3)[C@H]2c2ccc(CC)cc2)cc1. The number of aliphatic hydroxyl groups is 1. The standard InChI is InChI=1S/C28H26N2O4/c1-3-17-34-23-11-9-22(10-12-23)26(31)24-25(21-7-5-19(4-2)6-8-21)30(28(33)27(24)32)18-20-13-15-29-16-14-20/h3,5-16,25,31H,1,4,17-18H2,2H3/t25-/m0/s1. The van der Waals surface area contributed by atoms with E-state index in [0.29, 0.717) is 17.9 Å². The number of hydrogen-bond acceptors (Lipinski definition) is 5. The number of carbonyl (C=O) groups excluding carboxylic acids is 2. The maximum atomic E-state index is 13.2. The van der Waals surface area contributed by atoms with Crippen molar-refractivity contribution in [2.24, 2.45) is 0 Å². The van der Waals surface area contributed by atoms with Gasteiger partial charge in [-0.15, -0.1) is 0 Å². The molecular formula is C28H26N2O4. The Bertz CT molecular complexity index is 1220. The molecule has 2 aromatic carbocycles. The van der Waals surface area contributed by atoms with Gasteiger partial charge in [0, 0.05) is 24.5 Å². The monoisotopic (exact) mass is 454 g/mol. The van der Waals surface area contributed by atoms with Gasteiger partial charge in [0.15, 0.2) is 0 Å². The first-order valence-electron chi connectivity index (χ1n) is 11.1. The summed E-state index contributed by atoms with van der Waals surface area (Å²) in [6.45, 7) is 6.27. The Morgan fingerprint density at radius 1 is 1.03 bits per heavy atom. The number of nitrogens with zero attached hydrogens (tertiary/aromatic N) is 2. The molecule has 6 nitrogen and oxygen atoms in total. The minimum Gasteiger partial charge on any atom is -0.507 e. The zero-order valence-corrected chi connectivity index (χ0v) is 19.0. The summed E-state index contributed by atoms with van der Waals surface area (Å²) in [5.74, 6) is -0.950. The van der Waals surface area contributed by atoms with Crippen LogP contribution < -0.4 is 4.74 Å². The highest BCUT2D eigenvalue weighted by Crippen LogP contribution is 2.40. The molecule has 2 heterocycles. The van der Waals surface area contributed by atoms with E-state index in [1.165, 1.54) is 4.90 Å². The van der Waals surface area contributed by atoms with Crippen molar-refractivity contribution in [2.75, 3.05) is 6.61 Å². The van der Waals surface area contributed by atoms with Crippen LogP contribution in [-0.4, -0.2) is 33.3 Å². The van der Waals surface area contributed by atoms with E-state index in [4.69, 9.17) is 4.74 Å². The van der Waals surface area contributed by atoms with Gasteiger partial charge < -0.3 is 14.7 Å². The number of pyridine rings is 1. The maximum absolute atomic E-state index is 13.2. The number of benzene rings is 2. The molecule has 0 bridgehead atoms. The summed E-state index contributed by atoms with van der Waals surface area (Å²) in [6.07, 6.45) is 5.81. The number of ether oxygens (including phenoxy) is 1. The smallest absolute Gasteiger partial charge is 0.295 e. The molecule has 1 fully saturated rings. The fourth-order valence-electron chi connectivity index (χ4n) is 4.03. The third kappa shape index (κ3) is 4.62. The number of amides is 1. The second kappa shape index (κ2) is 10.2. The van der Waals surface area contributed by atoms with Crippen LogP contribution in [-0.2, 0) is 22.6 Å². The molecule has 1 saturated heterocycles. The number of carbonyl (C=O) groups is 2. The highest BCUT2D eigenvalue weighted by Gasteiger charge is 2.46. The van der Waals surface area contributed by atoms with E-state index in [2.05, 4.69) is 18.5 Å². The zero-order valence-electron chi connectivity index (χ0n) is 19.0. The topological polar surface area (TPSA) is 79.7 Å². The number of aromatic nitrogens is 1. The van der Waals surface area contributed by atoms with Crippen molar-refractivity contribution in [3.05, 3.63) is 114 Å². The van der Waals surface area contributed by atoms with E-state index in [1.807, 2.05) is 24.3 Å². The number of Topliss-reactive ketones (excluding diaryl/α,β-unsaturated/α-hetero) is 1. The van der Waals surface area contributed by atoms with Gasteiger partial charge in [-0.25, -0.2) is 0 Å².